The second-order valence-corrected chi connectivity index (χ2v) is 4.87. The molecule has 92 valence electrons. The topological polar surface area (TPSA) is 30.5 Å². The Balaban J connectivity index is 1.94. The first-order valence-corrected chi connectivity index (χ1v) is 6.41. The number of methoxy groups -OCH3 is 1. The van der Waals surface area contributed by atoms with Crippen molar-refractivity contribution in [3.8, 4) is 11.5 Å². The highest BCUT2D eigenvalue weighted by molar-refractivity contribution is 5.53. The van der Waals surface area contributed by atoms with Crippen molar-refractivity contribution in [3.05, 3.63) is 23.3 Å². The fraction of sp³-hybridized carbons (Fsp3) is 0.571. The van der Waals surface area contributed by atoms with Crippen molar-refractivity contribution in [1.29, 1.82) is 0 Å². The molecule has 0 radical (unpaired) electrons. The average molecular weight is 233 g/mol. The van der Waals surface area contributed by atoms with Crippen LogP contribution >= 0.6 is 0 Å². The molecular weight excluding hydrogens is 214 g/mol. The Morgan fingerprint density at radius 3 is 2.88 bits per heavy atom. The Kier molecular flexibility index (Phi) is 2.71. The number of hydrogen-bond acceptors (Lipinski definition) is 3. The molecule has 1 atom stereocenters. The Morgan fingerprint density at radius 1 is 1.41 bits per heavy atom. The summed E-state index contributed by atoms with van der Waals surface area (Å²) in [5.41, 5.74) is 2.58. The summed E-state index contributed by atoms with van der Waals surface area (Å²) < 4.78 is 11.2. The number of hydrogen-bond donors (Lipinski definition) is 1. The lowest BCUT2D eigenvalue weighted by Gasteiger charge is -2.12. The van der Waals surface area contributed by atoms with Gasteiger partial charge in [-0.05, 0) is 30.9 Å². The van der Waals surface area contributed by atoms with Crippen LogP contribution in [0.25, 0.3) is 0 Å². The summed E-state index contributed by atoms with van der Waals surface area (Å²) in [5.74, 6) is 1.81. The van der Waals surface area contributed by atoms with Crippen molar-refractivity contribution in [2.45, 2.75) is 38.3 Å². The van der Waals surface area contributed by atoms with Gasteiger partial charge in [0.15, 0.2) is 11.5 Å². The largest absolute Gasteiger partial charge is 0.493 e. The zero-order valence-corrected chi connectivity index (χ0v) is 10.5. The van der Waals surface area contributed by atoms with Crippen molar-refractivity contribution in [2.75, 3.05) is 13.7 Å². The molecule has 1 fully saturated rings. The first-order chi connectivity index (χ1) is 8.31. The van der Waals surface area contributed by atoms with Gasteiger partial charge < -0.3 is 14.8 Å². The highest BCUT2D eigenvalue weighted by Gasteiger charge is 2.32. The SMILES string of the molecule is CCc1cc(OC)c2c(c1)C(NC1CC1)CO2. The van der Waals surface area contributed by atoms with Gasteiger partial charge in [0, 0.05) is 11.6 Å². The molecule has 0 saturated heterocycles. The number of aryl methyl sites for hydroxylation is 1. The Labute approximate surface area is 102 Å². The van der Waals surface area contributed by atoms with Gasteiger partial charge in [-0.3, -0.25) is 0 Å². The van der Waals surface area contributed by atoms with Gasteiger partial charge >= 0.3 is 0 Å². The summed E-state index contributed by atoms with van der Waals surface area (Å²) in [6.07, 6.45) is 3.63. The first kappa shape index (κ1) is 10.9. The minimum atomic E-state index is 0.345. The van der Waals surface area contributed by atoms with E-state index in [1.165, 1.54) is 24.0 Å². The third kappa shape index (κ3) is 2.00. The molecule has 17 heavy (non-hydrogen) atoms. The van der Waals surface area contributed by atoms with Gasteiger partial charge in [0.05, 0.1) is 13.2 Å². The van der Waals surface area contributed by atoms with Crippen LogP contribution in [0.1, 0.15) is 36.9 Å². The maximum absolute atomic E-state index is 5.77. The van der Waals surface area contributed by atoms with Crippen LogP contribution in [0.2, 0.25) is 0 Å². The smallest absolute Gasteiger partial charge is 0.166 e. The van der Waals surface area contributed by atoms with E-state index in [1.807, 2.05) is 0 Å². The lowest BCUT2D eigenvalue weighted by Crippen LogP contribution is -2.24. The lowest BCUT2D eigenvalue weighted by molar-refractivity contribution is 0.295. The van der Waals surface area contributed by atoms with Gasteiger partial charge in [-0.2, -0.15) is 0 Å². The molecule has 1 aliphatic heterocycles. The number of benzene rings is 1. The highest BCUT2D eigenvalue weighted by atomic mass is 16.5. The molecule has 0 spiro atoms. The van der Waals surface area contributed by atoms with E-state index in [0.717, 1.165) is 24.5 Å². The first-order valence-electron chi connectivity index (χ1n) is 6.41. The molecule has 1 saturated carbocycles. The molecule has 0 aromatic heterocycles. The van der Waals surface area contributed by atoms with E-state index in [-0.39, 0.29) is 0 Å². The van der Waals surface area contributed by atoms with Crippen molar-refractivity contribution in [2.24, 2.45) is 0 Å². The van der Waals surface area contributed by atoms with E-state index in [4.69, 9.17) is 9.47 Å². The third-order valence-corrected chi connectivity index (χ3v) is 3.56. The van der Waals surface area contributed by atoms with Crippen LogP contribution in [0.15, 0.2) is 12.1 Å². The maximum atomic E-state index is 5.77. The molecule has 1 aromatic carbocycles. The normalized spacial score (nSPS) is 22.1. The fourth-order valence-electron chi connectivity index (χ4n) is 2.38. The molecule has 0 amide bonds. The van der Waals surface area contributed by atoms with Crippen molar-refractivity contribution in [1.82, 2.24) is 5.32 Å². The predicted molar refractivity (Wildman–Crippen MR) is 66.8 cm³/mol. The second kappa shape index (κ2) is 4.22. The lowest BCUT2D eigenvalue weighted by atomic mass is 10.0. The molecule has 3 rings (SSSR count). The maximum Gasteiger partial charge on any atom is 0.166 e. The molecule has 1 unspecified atom stereocenters. The summed E-state index contributed by atoms with van der Waals surface area (Å²) in [6, 6.07) is 5.38. The van der Waals surface area contributed by atoms with Crippen LogP contribution in [0, 0.1) is 0 Å². The van der Waals surface area contributed by atoms with Gasteiger partial charge in [0.25, 0.3) is 0 Å². The van der Waals surface area contributed by atoms with Crippen molar-refractivity contribution < 1.29 is 9.47 Å². The molecule has 1 N–H and O–H groups in total. The molecule has 1 aromatic rings. The summed E-state index contributed by atoms with van der Waals surface area (Å²) in [6.45, 7) is 2.90. The molecule has 1 heterocycles. The molecule has 2 aliphatic rings. The molecule has 0 bridgehead atoms. The van der Waals surface area contributed by atoms with Crippen LogP contribution in [-0.2, 0) is 6.42 Å². The van der Waals surface area contributed by atoms with Crippen molar-refractivity contribution in [3.63, 3.8) is 0 Å². The standard InChI is InChI=1S/C14H19NO2/c1-3-9-6-11-12(15-10-4-5-10)8-17-14(11)13(7-9)16-2/h6-7,10,12,15H,3-5,8H2,1-2H3. The van der Waals surface area contributed by atoms with Crippen LogP contribution in [-0.4, -0.2) is 19.8 Å². The zero-order chi connectivity index (χ0) is 11.8. The van der Waals surface area contributed by atoms with Gasteiger partial charge in [0.1, 0.15) is 6.61 Å². The number of ether oxygens (including phenoxy) is 2. The number of nitrogens with one attached hydrogen (secondary N) is 1. The van der Waals surface area contributed by atoms with Crippen LogP contribution < -0.4 is 14.8 Å². The van der Waals surface area contributed by atoms with Crippen LogP contribution in [0.4, 0.5) is 0 Å². The number of fused-ring (bicyclic) bond motifs is 1. The van der Waals surface area contributed by atoms with E-state index in [0.29, 0.717) is 12.1 Å². The Morgan fingerprint density at radius 2 is 2.24 bits per heavy atom. The van der Waals surface area contributed by atoms with Gasteiger partial charge in [-0.1, -0.05) is 13.0 Å². The zero-order valence-electron chi connectivity index (χ0n) is 10.5. The van der Waals surface area contributed by atoms with Crippen LogP contribution in [0.3, 0.4) is 0 Å². The van der Waals surface area contributed by atoms with Crippen LogP contribution in [0.5, 0.6) is 11.5 Å². The van der Waals surface area contributed by atoms with E-state index in [1.54, 1.807) is 7.11 Å². The quantitative estimate of drug-likeness (QED) is 0.866. The van der Waals surface area contributed by atoms with E-state index < -0.39 is 0 Å². The fourth-order valence-corrected chi connectivity index (χ4v) is 2.38. The molecule has 3 heteroatoms. The number of rotatable bonds is 4. The molecule has 1 aliphatic carbocycles. The Hall–Kier alpha value is -1.22. The van der Waals surface area contributed by atoms with Gasteiger partial charge in [-0.25, -0.2) is 0 Å². The van der Waals surface area contributed by atoms with E-state index >= 15 is 0 Å². The van der Waals surface area contributed by atoms with Crippen molar-refractivity contribution >= 4 is 0 Å². The summed E-state index contributed by atoms with van der Waals surface area (Å²) >= 11 is 0. The summed E-state index contributed by atoms with van der Waals surface area (Å²) in [5, 5.41) is 3.63. The minimum Gasteiger partial charge on any atom is -0.493 e. The predicted octanol–water partition coefficient (Wildman–Crippen LogP) is 2.44. The van der Waals surface area contributed by atoms with Gasteiger partial charge in [-0.15, -0.1) is 0 Å². The highest BCUT2D eigenvalue weighted by Crippen LogP contribution is 2.42. The summed E-state index contributed by atoms with van der Waals surface area (Å²) in [7, 11) is 1.71. The third-order valence-electron chi connectivity index (χ3n) is 3.56. The van der Waals surface area contributed by atoms with E-state index in [2.05, 4.69) is 24.4 Å². The van der Waals surface area contributed by atoms with E-state index in [9.17, 15) is 0 Å². The Bertz CT molecular complexity index is 426. The molecule has 3 nitrogen and oxygen atoms in total. The minimum absolute atomic E-state index is 0.345. The average Bonchev–Trinajstić information content (AvgIpc) is 3.09. The molecular formula is C14H19NO2. The second-order valence-electron chi connectivity index (χ2n) is 4.87. The monoisotopic (exact) mass is 233 g/mol. The van der Waals surface area contributed by atoms with Gasteiger partial charge in [0.2, 0.25) is 0 Å². The summed E-state index contributed by atoms with van der Waals surface area (Å²) in [4.78, 5) is 0.